The molecule has 2 aromatic rings. The van der Waals surface area contributed by atoms with Crippen LogP contribution in [0.2, 0.25) is 0 Å². The smallest absolute Gasteiger partial charge is 0.168 e. The maximum Gasteiger partial charge on any atom is 0.168 e. The highest BCUT2D eigenvalue weighted by Crippen LogP contribution is 2.17. The van der Waals surface area contributed by atoms with Crippen molar-refractivity contribution in [2.75, 3.05) is 0 Å². The lowest BCUT2D eigenvalue weighted by atomic mass is 10.2. The number of hydrogen-bond acceptors (Lipinski definition) is 2. The molecule has 0 saturated heterocycles. The Morgan fingerprint density at radius 3 is 3.08 bits per heavy atom. The molecule has 4 nitrogen and oxygen atoms in total. The number of aldehydes is 1. The van der Waals surface area contributed by atoms with Crippen molar-refractivity contribution in [1.82, 2.24) is 15.2 Å². The monoisotopic (exact) mass is 161 g/mol. The second kappa shape index (κ2) is 2.65. The molecule has 0 unspecified atom stereocenters. The molecule has 2 N–H and O–H groups in total. The van der Waals surface area contributed by atoms with Gasteiger partial charge in [0.2, 0.25) is 0 Å². The van der Waals surface area contributed by atoms with E-state index in [1.54, 1.807) is 12.4 Å². The van der Waals surface area contributed by atoms with Gasteiger partial charge in [-0.3, -0.25) is 9.89 Å². The van der Waals surface area contributed by atoms with E-state index in [-0.39, 0.29) is 0 Å². The van der Waals surface area contributed by atoms with Gasteiger partial charge in [0.05, 0.1) is 6.20 Å². The summed E-state index contributed by atoms with van der Waals surface area (Å²) in [5.74, 6) is 0. The Balaban J connectivity index is 2.53. The molecule has 0 bridgehead atoms. The summed E-state index contributed by atoms with van der Waals surface area (Å²) < 4.78 is 0. The van der Waals surface area contributed by atoms with E-state index < -0.39 is 0 Å². The number of rotatable bonds is 2. The summed E-state index contributed by atoms with van der Waals surface area (Å²) in [5.41, 5.74) is 2.19. The van der Waals surface area contributed by atoms with Crippen LogP contribution in [0.5, 0.6) is 0 Å². The van der Waals surface area contributed by atoms with E-state index in [1.807, 2.05) is 12.1 Å². The van der Waals surface area contributed by atoms with Gasteiger partial charge in [0, 0.05) is 17.5 Å². The van der Waals surface area contributed by atoms with E-state index in [9.17, 15) is 4.79 Å². The highest BCUT2D eigenvalue weighted by Gasteiger charge is 2.05. The van der Waals surface area contributed by atoms with E-state index in [0.717, 1.165) is 17.5 Å². The van der Waals surface area contributed by atoms with Crippen LogP contribution in [-0.2, 0) is 0 Å². The van der Waals surface area contributed by atoms with Gasteiger partial charge in [-0.15, -0.1) is 0 Å². The fourth-order valence-corrected chi connectivity index (χ4v) is 1.10. The average Bonchev–Trinajstić information content (AvgIpc) is 2.74. The highest BCUT2D eigenvalue weighted by atomic mass is 16.1. The van der Waals surface area contributed by atoms with Crippen LogP contribution in [0.3, 0.4) is 0 Å². The topological polar surface area (TPSA) is 61.5 Å². The number of aromatic amines is 2. The molecular formula is C8H7N3O. The van der Waals surface area contributed by atoms with Crippen molar-refractivity contribution in [1.29, 1.82) is 0 Å². The lowest BCUT2D eigenvalue weighted by Gasteiger charge is -1.91. The molecule has 0 radical (unpaired) electrons. The molecule has 12 heavy (non-hydrogen) atoms. The van der Waals surface area contributed by atoms with Crippen molar-refractivity contribution in [3.63, 3.8) is 0 Å². The summed E-state index contributed by atoms with van der Waals surface area (Å²) in [6.07, 6.45) is 4.18. The molecule has 0 aliphatic rings. The number of carbonyl (C=O) groups excluding carboxylic acids is 1. The molecule has 2 rings (SSSR count). The molecule has 0 saturated carbocycles. The summed E-state index contributed by atoms with van der Waals surface area (Å²) in [6.45, 7) is 0. The van der Waals surface area contributed by atoms with Crippen molar-refractivity contribution in [3.8, 4) is 11.3 Å². The average molecular weight is 161 g/mol. The summed E-state index contributed by atoms with van der Waals surface area (Å²) in [7, 11) is 0. The number of carbonyl (C=O) groups is 1. The van der Waals surface area contributed by atoms with E-state index in [1.165, 1.54) is 0 Å². The third kappa shape index (κ3) is 0.934. The normalized spacial score (nSPS) is 10.0. The van der Waals surface area contributed by atoms with E-state index in [0.29, 0.717) is 5.69 Å². The molecule has 4 heteroatoms. The van der Waals surface area contributed by atoms with Gasteiger partial charge in [-0.1, -0.05) is 0 Å². The highest BCUT2D eigenvalue weighted by molar-refractivity contribution is 5.83. The quantitative estimate of drug-likeness (QED) is 0.650. The minimum absolute atomic E-state index is 0.498. The molecular weight excluding hydrogens is 154 g/mol. The Labute approximate surface area is 68.6 Å². The van der Waals surface area contributed by atoms with Crippen molar-refractivity contribution in [2.45, 2.75) is 0 Å². The Kier molecular flexibility index (Phi) is 1.51. The molecule has 2 heterocycles. The van der Waals surface area contributed by atoms with Crippen molar-refractivity contribution in [3.05, 3.63) is 30.2 Å². The van der Waals surface area contributed by atoms with Crippen LogP contribution in [0.4, 0.5) is 0 Å². The van der Waals surface area contributed by atoms with Gasteiger partial charge in [0.25, 0.3) is 0 Å². The molecule has 2 aromatic heterocycles. The Morgan fingerprint density at radius 1 is 1.50 bits per heavy atom. The SMILES string of the molecule is O=Cc1[nH]ncc1-c1ccc[nH]1. The zero-order chi connectivity index (χ0) is 8.39. The Morgan fingerprint density at radius 2 is 2.42 bits per heavy atom. The van der Waals surface area contributed by atoms with Crippen LogP contribution >= 0.6 is 0 Å². The first-order chi connectivity index (χ1) is 5.92. The summed E-state index contributed by atoms with van der Waals surface area (Å²) in [6, 6.07) is 3.76. The first-order valence-electron chi connectivity index (χ1n) is 3.54. The van der Waals surface area contributed by atoms with E-state index in [2.05, 4.69) is 15.2 Å². The minimum Gasteiger partial charge on any atom is -0.361 e. The number of aromatic nitrogens is 3. The molecule has 0 aliphatic carbocycles. The van der Waals surface area contributed by atoms with Crippen LogP contribution in [0.15, 0.2) is 24.5 Å². The largest absolute Gasteiger partial charge is 0.361 e. The molecule has 60 valence electrons. The molecule has 0 atom stereocenters. The zero-order valence-corrected chi connectivity index (χ0v) is 6.24. The van der Waals surface area contributed by atoms with Crippen LogP contribution in [-0.4, -0.2) is 21.5 Å². The number of H-pyrrole nitrogens is 2. The molecule has 0 amide bonds. The van der Waals surface area contributed by atoms with Crippen molar-refractivity contribution >= 4 is 6.29 Å². The van der Waals surface area contributed by atoms with Crippen LogP contribution < -0.4 is 0 Å². The molecule has 0 spiro atoms. The number of nitrogens with one attached hydrogen (secondary N) is 2. The second-order valence-corrected chi connectivity index (χ2v) is 2.40. The van der Waals surface area contributed by atoms with Gasteiger partial charge >= 0.3 is 0 Å². The predicted molar refractivity (Wildman–Crippen MR) is 43.8 cm³/mol. The van der Waals surface area contributed by atoms with Crippen LogP contribution in [0.25, 0.3) is 11.3 Å². The maximum atomic E-state index is 10.5. The van der Waals surface area contributed by atoms with Gasteiger partial charge in [0.15, 0.2) is 6.29 Å². The van der Waals surface area contributed by atoms with Gasteiger partial charge in [-0.25, -0.2) is 0 Å². The zero-order valence-electron chi connectivity index (χ0n) is 6.24. The predicted octanol–water partition coefficient (Wildman–Crippen LogP) is 1.22. The summed E-state index contributed by atoms with van der Waals surface area (Å²) in [5, 5.41) is 6.38. The number of nitrogens with zero attached hydrogens (tertiary/aromatic N) is 1. The van der Waals surface area contributed by atoms with Gasteiger partial charge in [-0.2, -0.15) is 5.10 Å². The summed E-state index contributed by atoms with van der Waals surface area (Å²) in [4.78, 5) is 13.5. The van der Waals surface area contributed by atoms with Crippen LogP contribution in [0, 0.1) is 0 Å². The van der Waals surface area contributed by atoms with E-state index >= 15 is 0 Å². The third-order valence-electron chi connectivity index (χ3n) is 1.67. The lowest BCUT2D eigenvalue weighted by Crippen LogP contribution is -1.83. The third-order valence-corrected chi connectivity index (χ3v) is 1.67. The Hall–Kier alpha value is -1.84. The van der Waals surface area contributed by atoms with Crippen molar-refractivity contribution < 1.29 is 4.79 Å². The maximum absolute atomic E-state index is 10.5. The second-order valence-electron chi connectivity index (χ2n) is 2.40. The first-order valence-corrected chi connectivity index (χ1v) is 3.54. The minimum atomic E-state index is 0.498. The van der Waals surface area contributed by atoms with Gasteiger partial charge in [0.1, 0.15) is 5.69 Å². The fraction of sp³-hybridized carbons (Fsp3) is 0. The standard InChI is InChI=1S/C8H7N3O/c12-5-8-6(4-10-11-8)7-2-1-3-9-7/h1-5,9H,(H,10,11). The lowest BCUT2D eigenvalue weighted by molar-refractivity contribution is 0.111. The van der Waals surface area contributed by atoms with E-state index in [4.69, 9.17) is 0 Å². The fourth-order valence-electron chi connectivity index (χ4n) is 1.10. The van der Waals surface area contributed by atoms with Crippen LogP contribution in [0.1, 0.15) is 10.5 Å². The molecule has 0 aliphatic heterocycles. The van der Waals surface area contributed by atoms with Gasteiger partial charge < -0.3 is 4.98 Å². The van der Waals surface area contributed by atoms with Gasteiger partial charge in [-0.05, 0) is 12.1 Å². The first kappa shape index (κ1) is 6.84. The molecule has 0 aromatic carbocycles. The Bertz CT molecular complexity index is 375. The molecule has 0 fully saturated rings. The number of hydrogen-bond donors (Lipinski definition) is 2. The summed E-state index contributed by atoms with van der Waals surface area (Å²) >= 11 is 0. The van der Waals surface area contributed by atoms with Crippen molar-refractivity contribution in [2.24, 2.45) is 0 Å².